The quantitative estimate of drug-likeness (QED) is 0.259. The van der Waals surface area contributed by atoms with Crippen molar-refractivity contribution in [3.63, 3.8) is 0 Å². The number of rotatable bonds is 14. The van der Waals surface area contributed by atoms with Crippen molar-refractivity contribution in [2.24, 2.45) is 0 Å². The van der Waals surface area contributed by atoms with Crippen LogP contribution in [0.5, 0.6) is 0 Å². The number of nitrogens with zero attached hydrogens (tertiary/aromatic N) is 2. The van der Waals surface area contributed by atoms with Crippen molar-refractivity contribution in [1.29, 1.82) is 0 Å². The fraction of sp³-hybridized carbons (Fsp3) is 0.375. The van der Waals surface area contributed by atoms with Crippen LogP contribution in [0.2, 0.25) is 5.02 Å². The highest BCUT2D eigenvalue weighted by atomic mass is 35.5. The number of hydrogen-bond acceptors (Lipinski definition) is 4. The Balaban J connectivity index is 1.87. The minimum absolute atomic E-state index is 0.0802. The molecule has 2 amide bonds. The monoisotopic (exact) mass is 597 g/mol. The summed E-state index contributed by atoms with van der Waals surface area (Å²) in [5, 5.41) is 3.55. The van der Waals surface area contributed by atoms with Crippen molar-refractivity contribution >= 4 is 39.1 Å². The molecule has 0 unspecified atom stereocenters. The summed E-state index contributed by atoms with van der Waals surface area (Å²) < 4.78 is 26.7. The standard InChI is InChI=1S/C32H40ClN3O4S/c1-5-19-34-32(38)30(22-26-10-7-6-8-11-26)35(23-27-14-16-28(33)17-15-27)31(37)12-9-20-36(41(4,39)40)29-18-13-24(2)25(3)21-29/h6-8,10-11,13-18,21,30H,5,9,12,19-20,22-23H2,1-4H3,(H,34,38)/t30-/m1/s1. The summed E-state index contributed by atoms with van der Waals surface area (Å²) in [4.78, 5) is 28.9. The SMILES string of the molecule is CCCNC(=O)[C@@H](Cc1ccccc1)N(Cc1ccc(Cl)cc1)C(=O)CCCN(c1ccc(C)c(C)c1)S(C)(=O)=O. The van der Waals surface area contributed by atoms with Crippen LogP contribution in [0.4, 0.5) is 5.69 Å². The lowest BCUT2D eigenvalue weighted by Crippen LogP contribution is -2.50. The maximum atomic E-state index is 13.8. The number of amides is 2. The Hall–Kier alpha value is -3.36. The first-order valence-electron chi connectivity index (χ1n) is 13.9. The lowest BCUT2D eigenvalue weighted by Gasteiger charge is -2.32. The maximum absolute atomic E-state index is 13.8. The molecule has 41 heavy (non-hydrogen) atoms. The summed E-state index contributed by atoms with van der Waals surface area (Å²) in [7, 11) is -3.57. The van der Waals surface area contributed by atoms with Crippen LogP contribution < -0.4 is 9.62 Å². The molecule has 0 fully saturated rings. The molecule has 0 heterocycles. The fourth-order valence-corrected chi connectivity index (χ4v) is 5.67. The van der Waals surface area contributed by atoms with Crippen molar-refractivity contribution in [1.82, 2.24) is 10.2 Å². The smallest absolute Gasteiger partial charge is 0.243 e. The largest absolute Gasteiger partial charge is 0.354 e. The summed E-state index contributed by atoms with van der Waals surface area (Å²) in [5.74, 6) is -0.438. The first-order chi connectivity index (χ1) is 19.5. The molecule has 0 aliphatic rings. The van der Waals surface area contributed by atoms with Crippen LogP contribution in [0.25, 0.3) is 0 Å². The molecular weight excluding hydrogens is 558 g/mol. The number of carbonyl (C=O) groups is 2. The summed E-state index contributed by atoms with van der Waals surface area (Å²) >= 11 is 6.09. The van der Waals surface area contributed by atoms with E-state index in [4.69, 9.17) is 11.6 Å². The van der Waals surface area contributed by atoms with Crippen LogP contribution >= 0.6 is 11.6 Å². The van der Waals surface area contributed by atoms with Crippen molar-refractivity contribution in [2.75, 3.05) is 23.7 Å². The first-order valence-corrected chi connectivity index (χ1v) is 16.1. The second kappa shape index (κ2) is 15.0. The van der Waals surface area contributed by atoms with Crippen molar-refractivity contribution < 1.29 is 18.0 Å². The van der Waals surface area contributed by atoms with Gasteiger partial charge in [0.1, 0.15) is 6.04 Å². The van der Waals surface area contributed by atoms with E-state index < -0.39 is 16.1 Å². The molecule has 7 nitrogen and oxygen atoms in total. The molecule has 3 rings (SSSR count). The molecule has 0 spiro atoms. The van der Waals surface area contributed by atoms with Gasteiger partial charge in [-0.25, -0.2) is 8.42 Å². The number of carbonyl (C=O) groups excluding carboxylic acids is 2. The van der Waals surface area contributed by atoms with E-state index in [-0.39, 0.29) is 31.3 Å². The minimum Gasteiger partial charge on any atom is -0.354 e. The molecule has 3 aromatic carbocycles. The van der Waals surface area contributed by atoms with E-state index in [9.17, 15) is 18.0 Å². The Morgan fingerprint density at radius 3 is 2.22 bits per heavy atom. The predicted molar refractivity (Wildman–Crippen MR) is 167 cm³/mol. The maximum Gasteiger partial charge on any atom is 0.243 e. The van der Waals surface area contributed by atoms with E-state index >= 15 is 0 Å². The van der Waals surface area contributed by atoms with Crippen LogP contribution in [-0.2, 0) is 32.6 Å². The fourth-order valence-electron chi connectivity index (χ4n) is 4.59. The number of halogens is 1. The second-order valence-corrected chi connectivity index (χ2v) is 12.7. The highest BCUT2D eigenvalue weighted by molar-refractivity contribution is 7.92. The highest BCUT2D eigenvalue weighted by Crippen LogP contribution is 2.23. The third kappa shape index (κ3) is 9.61. The Bertz CT molecular complexity index is 1410. The van der Waals surface area contributed by atoms with Crippen molar-refractivity contribution in [3.8, 4) is 0 Å². The molecule has 3 aromatic rings. The van der Waals surface area contributed by atoms with Crippen molar-refractivity contribution in [3.05, 3.63) is 100 Å². The molecule has 0 radical (unpaired) electrons. The number of nitrogens with one attached hydrogen (secondary N) is 1. The molecule has 0 saturated heterocycles. The summed E-state index contributed by atoms with van der Waals surface area (Å²) in [5.41, 5.74) is 4.42. The van der Waals surface area contributed by atoms with Crippen LogP contribution in [0.1, 0.15) is 48.4 Å². The number of sulfonamides is 1. The van der Waals surface area contributed by atoms with Gasteiger partial charge in [0, 0.05) is 37.5 Å². The molecule has 0 aromatic heterocycles. The molecular formula is C32H40ClN3O4S. The number of anilines is 1. The van der Waals surface area contributed by atoms with Crippen LogP contribution in [0.15, 0.2) is 72.8 Å². The van der Waals surface area contributed by atoms with E-state index in [0.29, 0.717) is 30.1 Å². The van der Waals surface area contributed by atoms with E-state index in [1.165, 1.54) is 10.6 Å². The molecule has 1 atom stereocenters. The van der Waals surface area contributed by atoms with Gasteiger partial charge < -0.3 is 10.2 Å². The zero-order valence-electron chi connectivity index (χ0n) is 24.3. The summed E-state index contributed by atoms with van der Waals surface area (Å²) in [6.07, 6.45) is 2.68. The Morgan fingerprint density at radius 2 is 1.61 bits per heavy atom. The normalized spacial score (nSPS) is 12.0. The van der Waals surface area contributed by atoms with E-state index in [0.717, 1.165) is 28.7 Å². The van der Waals surface area contributed by atoms with Crippen LogP contribution in [0, 0.1) is 13.8 Å². The molecule has 1 N–H and O–H groups in total. The van der Waals surface area contributed by atoms with Gasteiger partial charge in [0.2, 0.25) is 21.8 Å². The van der Waals surface area contributed by atoms with E-state index in [2.05, 4.69) is 5.32 Å². The van der Waals surface area contributed by atoms with Crippen LogP contribution in [-0.4, -0.2) is 50.5 Å². The average molecular weight is 598 g/mol. The van der Waals surface area contributed by atoms with Gasteiger partial charge in [-0.05, 0) is 73.2 Å². The average Bonchev–Trinajstić information content (AvgIpc) is 2.94. The molecule has 0 aliphatic heterocycles. The first kappa shape index (κ1) is 32.2. The Morgan fingerprint density at radius 1 is 0.927 bits per heavy atom. The molecule has 9 heteroatoms. The highest BCUT2D eigenvalue weighted by Gasteiger charge is 2.30. The summed E-state index contributed by atoms with van der Waals surface area (Å²) in [6, 6.07) is 21.6. The lowest BCUT2D eigenvalue weighted by atomic mass is 10.0. The van der Waals surface area contributed by atoms with Gasteiger partial charge in [-0.2, -0.15) is 0 Å². The van der Waals surface area contributed by atoms with Gasteiger partial charge in [0.05, 0.1) is 11.9 Å². The topological polar surface area (TPSA) is 86.8 Å². The van der Waals surface area contributed by atoms with E-state index in [1.807, 2.05) is 75.4 Å². The number of hydrogen-bond donors (Lipinski definition) is 1. The number of benzene rings is 3. The Labute approximate surface area is 249 Å². The zero-order valence-corrected chi connectivity index (χ0v) is 25.8. The minimum atomic E-state index is -3.57. The van der Waals surface area contributed by atoms with Gasteiger partial charge in [0.25, 0.3) is 0 Å². The van der Waals surface area contributed by atoms with Crippen molar-refractivity contribution in [2.45, 2.75) is 59.0 Å². The zero-order chi connectivity index (χ0) is 30.0. The van der Waals surface area contributed by atoms with Gasteiger partial charge in [-0.15, -0.1) is 0 Å². The van der Waals surface area contributed by atoms with E-state index in [1.54, 1.807) is 23.1 Å². The van der Waals surface area contributed by atoms with Crippen LogP contribution in [0.3, 0.4) is 0 Å². The predicted octanol–water partition coefficient (Wildman–Crippen LogP) is 5.67. The van der Waals surface area contributed by atoms with Gasteiger partial charge in [0.15, 0.2) is 0 Å². The third-order valence-electron chi connectivity index (χ3n) is 7.02. The van der Waals surface area contributed by atoms with Gasteiger partial charge >= 0.3 is 0 Å². The molecule has 0 bridgehead atoms. The second-order valence-electron chi connectivity index (χ2n) is 10.4. The third-order valence-corrected chi connectivity index (χ3v) is 8.46. The van der Waals surface area contributed by atoms with Gasteiger partial charge in [-0.1, -0.05) is 67.1 Å². The lowest BCUT2D eigenvalue weighted by molar-refractivity contribution is -0.141. The Kier molecular flexibility index (Phi) is 11.8. The molecule has 0 aliphatic carbocycles. The summed E-state index contributed by atoms with van der Waals surface area (Å²) in [6.45, 7) is 6.76. The molecule has 220 valence electrons. The van der Waals surface area contributed by atoms with Gasteiger partial charge in [-0.3, -0.25) is 13.9 Å². The number of aryl methyl sites for hydroxylation is 2. The molecule has 0 saturated carbocycles.